The number of nitrogens with zero attached hydrogens (tertiary/aromatic N) is 2. The molecule has 1 atom stereocenters. The van der Waals surface area contributed by atoms with Crippen molar-refractivity contribution in [3.63, 3.8) is 0 Å². The third kappa shape index (κ3) is 13.1. The van der Waals surface area contributed by atoms with Crippen LogP contribution in [0.1, 0.15) is 116 Å². The van der Waals surface area contributed by atoms with Gasteiger partial charge in [0.2, 0.25) is 0 Å². The molecule has 4 rings (SSSR count). The Hall–Kier alpha value is -4.01. The Balaban J connectivity index is 0.000000509. The zero-order valence-electron chi connectivity index (χ0n) is 30.0. The average Bonchev–Trinajstić information content (AvgIpc) is 3.51. The fourth-order valence-corrected chi connectivity index (χ4v) is 5.66. The Morgan fingerprint density at radius 3 is 2.33 bits per heavy atom. The number of anilines is 1. The Bertz CT molecular complexity index is 1530. The first-order chi connectivity index (χ1) is 23.5. The number of aromatic nitrogens is 1. The second-order valence-electron chi connectivity index (χ2n) is 12.8. The number of hydrogen-bond donors (Lipinski definition) is 1. The van der Waals surface area contributed by atoms with Gasteiger partial charge in [0.1, 0.15) is 17.4 Å². The summed E-state index contributed by atoms with van der Waals surface area (Å²) in [6.45, 7) is 14.1. The summed E-state index contributed by atoms with van der Waals surface area (Å²) in [5.41, 5.74) is 3.95. The number of carbonyl (C=O) groups excluding carboxylic acids is 1. The molecule has 0 radical (unpaired) electrons. The van der Waals surface area contributed by atoms with Gasteiger partial charge in [-0.25, -0.2) is 4.98 Å². The van der Waals surface area contributed by atoms with Gasteiger partial charge in [0.05, 0.1) is 5.56 Å². The summed E-state index contributed by atoms with van der Waals surface area (Å²) >= 11 is 0. The van der Waals surface area contributed by atoms with Gasteiger partial charge >= 0.3 is 12.1 Å². The zero-order chi connectivity index (χ0) is 35.8. The van der Waals surface area contributed by atoms with Gasteiger partial charge in [-0.3, -0.25) is 4.79 Å². The summed E-state index contributed by atoms with van der Waals surface area (Å²) in [5.74, 6) is 0.393. The van der Waals surface area contributed by atoms with Gasteiger partial charge in [0, 0.05) is 43.7 Å². The maximum Gasteiger partial charge on any atom is 0.416 e. The van der Waals surface area contributed by atoms with Crippen molar-refractivity contribution >= 4 is 22.7 Å². The second-order valence-corrected chi connectivity index (χ2v) is 12.8. The predicted molar refractivity (Wildman–Crippen MR) is 194 cm³/mol. The average molecular weight is 682 g/mol. The molecule has 0 spiro atoms. The number of alkyl halides is 3. The zero-order valence-corrected chi connectivity index (χ0v) is 30.0. The summed E-state index contributed by atoms with van der Waals surface area (Å²) in [4.78, 5) is 19.2. The molecule has 2 aromatic carbocycles. The molecule has 1 saturated heterocycles. The van der Waals surface area contributed by atoms with Crippen LogP contribution in [0.5, 0.6) is 5.75 Å². The van der Waals surface area contributed by atoms with E-state index in [2.05, 4.69) is 74.1 Å². The Morgan fingerprint density at radius 2 is 1.73 bits per heavy atom. The van der Waals surface area contributed by atoms with Crippen LogP contribution in [0.25, 0.3) is 11.1 Å². The molecule has 2 heterocycles. The fraction of sp³-hybridized carbons (Fsp3) is 0.500. The van der Waals surface area contributed by atoms with Crippen molar-refractivity contribution in [3.05, 3.63) is 89.4 Å². The number of fused-ring (bicyclic) bond motifs is 1. The summed E-state index contributed by atoms with van der Waals surface area (Å²) in [5, 5.41) is 3.08. The van der Waals surface area contributed by atoms with E-state index in [1.807, 2.05) is 13.0 Å². The van der Waals surface area contributed by atoms with E-state index in [4.69, 9.17) is 9.15 Å². The van der Waals surface area contributed by atoms with Crippen molar-refractivity contribution in [2.75, 3.05) is 18.0 Å². The van der Waals surface area contributed by atoms with Gasteiger partial charge in [-0.2, -0.15) is 13.2 Å². The molecule has 3 aromatic rings. The van der Waals surface area contributed by atoms with Crippen LogP contribution < -0.4 is 15.0 Å². The highest BCUT2D eigenvalue weighted by Gasteiger charge is 2.30. The third-order valence-electron chi connectivity index (χ3n) is 8.41. The number of oxazole rings is 1. The highest BCUT2D eigenvalue weighted by Crippen LogP contribution is 2.32. The van der Waals surface area contributed by atoms with Gasteiger partial charge in [0.25, 0.3) is 5.89 Å². The van der Waals surface area contributed by atoms with Crippen molar-refractivity contribution in [2.45, 2.75) is 118 Å². The Kier molecular flexibility index (Phi) is 16.0. The first-order valence-electron chi connectivity index (χ1n) is 17.7. The van der Waals surface area contributed by atoms with Gasteiger partial charge in [-0.1, -0.05) is 76.3 Å². The van der Waals surface area contributed by atoms with Crippen molar-refractivity contribution in [1.82, 2.24) is 10.3 Å². The number of allylic oxidation sites excluding steroid dienone is 6. The lowest BCUT2D eigenvalue weighted by Crippen LogP contribution is -2.38. The molecule has 1 fully saturated rings. The molecule has 0 bridgehead atoms. The number of amides is 1. The molecule has 1 aliphatic rings. The van der Waals surface area contributed by atoms with E-state index in [-0.39, 0.29) is 23.9 Å². The summed E-state index contributed by atoms with van der Waals surface area (Å²) in [6, 6.07) is 10.8. The van der Waals surface area contributed by atoms with Crippen LogP contribution in [0.2, 0.25) is 0 Å². The lowest BCUT2D eigenvalue weighted by molar-refractivity contribution is -0.137. The van der Waals surface area contributed by atoms with E-state index >= 15 is 0 Å². The number of unbranched alkanes of at least 4 members (excludes halogenated alkanes) is 2. The Labute approximate surface area is 290 Å². The molecular formula is C40H54F3N3O3. The number of hydrogen-bond acceptors (Lipinski definition) is 5. The normalized spacial score (nSPS) is 14.8. The van der Waals surface area contributed by atoms with Gasteiger partial charge in [0.15, 0.2) is 5.58 Å². The number of ether oxygens (including phenoxy) is 1. The quantitative estimate of drug-likeness (QED) is 0.135. The van der Waals surface area contributed by atoms with Crippen LogP contribution in [0, 0.1) is 0 Å². The van der Waals surface area contributed by atoms with E-state index < -0.39 is 11.7 Å². The van der Waals surface area contributed by atoms with Crippen LogP contribution in [-0.4, -0.2) is 36.1 Å². The molecule has 0 aliphatic carbocycles. The van der Waals surface area contributed by atoms with Crippen LogP contribution in [0.15, 0.2) is 82.3 Å². The number of nitrogens with one attached hydrogen (secondary N) is 1. The van der Waals surface area contributed by atoms with Gasteiger partial charge in [-0.15, -0.1) is 0 Å². The number of rotatable bonds is 14. The van der Waals surface area contributed by atoms with E-state index in [9.17, 15) is 18.0 Å². The fourth-order valence-electron chi connectivity index (χ4n) is 5.66. The summed E-state index contributed by atoms with van der Waals surface area (Å²) in [6.07, 6.45) is 13.0. The Morgan fingerprint density at radius 1 is 1.02 bits per heavy atom. The summed E-state index contributed by atoms with van der Waals surface area (Å²) in [7, 11) is 0. The smallest absolute Gasteiger partial charge is 0.416 e. The maximum atomic E-state index is 12.8. The topological polar surface area (TPSA) is 67.6 Å². The standard InChI is InChI=1S/C29H36F3N3O3.C11H18/c1-3-5-6-8-21(7-4-2)33-27(36)28-34-25-14-13-24(19-26(25)38-28)37-23-15-17-35(18-16-23)22-11-9-20(10-12-22)29(30,31)32;1-5-7-11(6-2)9-8-10(3)4/h9-14,19,21,23H,3-8,15-18H2,1-2H3,(H,33,36);5,7-9H,6H2,1-4H3/b;7-5-,11-9-. The molecule has 1 aromatic heterocycles. The minimum absolute atomic E-state index is 0.0261. The second kappa shape index (κ2) is 19.9. The first-order valence-corrected chi connectivity index (χ1v) is 17.7. The number of benzene rings is 2. The van der Waals surface area contributed by atoms with E-state index in [0.717, 1.165) is 75.6 Å². The van der Waals surface area contributed by atoms with Crippen molar-refractivity contribution in [2.24, 2.45) is 0 Å². The molecule has 6 nitrogen and oxygen atoms in total. The largest absolute Gasteiger partial charge is 0.490 e. The third-order valence-corrected chi connectivity index (χ3v) is 8.41. The number of piperidine rings is 1. The molecule has 49 heavy (non-hydrogen) atoms. The first kappa shape index (κ1) is 39.4. The molecule has 1 N–H and O–H groups in total. The van der Waals surface area contributed by atoms with Crippen molar-refractivity contribution in [3.8, 4) is 5.75 Å². The minimum Gasteiger partial charge on any atom is -0.490 e. The minimum atomic E-state index is -4.33. The summed E-state index contributed by atoms with van der Waals surface area (Å²) < 4.78 is 50.4. The van der Waals surface area contributed by atoms with Gasteiger partial charge in [-0.05, 0) is 82.0 Å². The lowest BCUT2D eigenvalue weighted by Gasteiger charge is -2.33. The number of halogens is 3. The molecule has 268 valence electrons. The highest BCUT2D eigenvalue weighted by atomic mass is 19.4. The van der Waals surface area contributed by atoms with E-state index in [1.165, 1.54) is 23.3 Å². The molecular weight excluding hydrogens is 627 g/mol. The van der Waals surface area contributed by atoms with Gasteiger partial charge < -0.3 is 19.4 Å². The molecule has 1 amide bonds. The monoisotopic (exact) mass is 681 g/mol. The molecule has 1 aliphatic heterocycles. The molecule has 9 heteroatoms. The van der Waals surface area contributed by atoms with Crippen LogP contribution in [0.3, 0.4) is 0 Å². The highest BCUT2D eigenvalue weighted by molar-refractivity contribution is 5.92. The molecule has 1 unspecified atom stereocenters. The van der Waals surface area contributed by atoms with Crippen LogP contribution in [-0.2, 0) is 6.18 Å². The van der Waals surface area contributed by atoms with Crippen molar-refractivity contribution < 1.29 is 27.1 Å². The van der Waals surface area contributed by atoms with E-state index in [1.54, 1.807) is 12.1 Å². The molecule has 0 saturated carbocycles. The number of carbonyl (C=O) groups is 1. The SMILES string of the molecule is C/C=C\C(=C/C=C(C)C)CC.CCCCCC(CCC)NC(=O)c1nc2ccc(OC3CCN(c4ccc(C(F)(F)F)cc4)CC3)cc2o1. The maximum absolute atomic E-state index is 12.8. The predicted octanol–water partition coefficient (Wildman–Crippen LogP) is 11.2. The van der Waals surface area contributed by atoms with Crippen LogP contribution >= 0.6 is 0 Å². The van der Waals surface area contributed by atoms with E-state index in [0.29, 0.717) is 29.9 Å². The van der Waals surface area contributed by atoms with Crippen LogP contribution in [0.4, 0.5) is 18.9 Å². The van der Waals surface area contributed by atoms with Crippen molar-refractivity contribution in [1.29, 1.82) is 0 Å². The lowest BCUT2D eigenvalue weighted by atomic mass is 10.0.